The minimum Gasteiger partial charge on any atom is -0.303 e. The number of aldehydes is 1. The normalized spacial score (nSPS) is 7.30. The first kappa shape index (κ1) is 17.0. The molecule has 0 amide bonds. The first-order chi connectivity index (χ1) is 3.91. The van der Waals surface area contributed by atoms with Gasteiger partial charge in [-0.15, -0.1) is 0 Å². The Kier molecular flexibility index (Phi) is 27.8. The Morgan fingerprint density at radius 2 is 1.70 bits per heavy atom. The molecule has 0 rings (SSSR count). The van der Waals surface area contributed by atoms with E-state index in [1.807, 2.05) is 0 Å². The molecule has 0 N–H and O–H groups in total. The predicted molar refractivity (Wildman–Crippen MR) is 34.8 cm³/mol. The number of carbonyl (C=O) groups is 1. The first-order valence-electron chi connectivity index (χ1n) is 3.35. The fourth-order valence-electron chi connectivity index (χ4n) is 0.654. The van der Waals surface area contributed by atoms with E-state index in [2.05, 4.69) is 6.92 Å². The van der Waals surface area contributed by atoms with E-state index in [1.54, 1.807) is 0 Å². The van der Waals surface area contributed by atoms with Gasteiger partial charge >= 0.3 is 0 Å². The van der Waals surface area contributed by atoms with Gasteiger partial charge in [0.15, 0.2) is 0 Å². The topological polar surface area (TPSA) is 17.1 Å². The monoisotopic (exact) mass is 224 g/mol. The zero-order valence-electron chi connectivity index (χ0n) is 6.28. The second-order valence-corrected chi connectivity index (χ2v) is 2.02. The molecule has 0 spiro atoms. The molecule has 0 aliphatic rings. The van der Waals surface area contributed by atoms with Crippen molar-refractivity contribution >= 4 is 6.29 Å². The van der Waals surface area contributed by atoms with E-state index < -0.39 is 0 Å². The van der Waals surface area contributed by atoms with Gasteiger partial charge in [0.05, 0.1) is 0 Å². The van der Waals surface area contributed by atoms with E-state index in [4.69, 9.17) is 0 Å². The maximum Gasteiger partial charge on any atom is 0.119 e. The fourth-order valence-corrected chi connectivity index (χ4v) is 0.654. The van der Waals surface area contributed by atoms with Gasteiger partial charge in [-0.2, -0.15) is 0 Å². The second kappa shape index (κ2) is 16.4. The molecule has 0 aromatic carbocycles. The van der Waals surface area contributed by atoms with E-state index in [1.165, 1.54) is 19.3 Å². The minimum atomic E-state index is 0. The maximum absolute atomic E-state index is 9.77. The maximum atomic E-state index is 9.77. The van der Waals surface area contributed by atoms with E-state index in [0.717, 1.165) is 19.1 Å². The molecule has 0 saturated carbocycles. The standard InChI is InChI=1S/C7H14O.2Mn/c1-2-3-4-5-6-7-8;;/h7H,2-6H2,1H3;;. The van der Waals surface area contributed by atoms with Crippen LogP contribution in [-0.4, -0.2) is 6.29 Å². The van der Waals surface area contributed by atoms with E-state index in [9.17, 15) is 4.79 Å². The molecule has 0 aromatic rings. The average molecular weight is 224 g/mol. The molecule has 0 aliphatic heterocycles. The van der Waals surface area contributed by atoms with Crippen LogP contribution in [0.2, 0.25) is 0 Å². The zero-order valence-corrected chi connectivity index (χ0v) is 8.64. The van der Waals surface area contributed by atoms with Crippen molar-refractivity contribution in [2.45, 2.75) is 39.0 Å². The Morgan fingerprint density at radius 1 is 1.10 bits per heavy atom. The molecule has 0 atom stereocenters. The summed E-state index contributed by atoms with van der Waals surface area (Å²) in [5.74, 6) is 0. The van der Waals surface area contributed by atoms with Crippen molar-refractivity contribution in [2.24, 2.45) is 0 Å². The number of unbranched alkanes of at least 4 members (excludes halogenated alkanes) is 4. The Bertz CT molecular complexity index is 57.6. The molecular weight excluding hydrogens is 210 g/mol. The average Bonchev–Trinajstić information content (AvgIpc) is 1.81. The Morgan fingerprint density at radius 3 is 2.10 bits per heavy atom. The van der Waals surface area contributed by atoms with Crippen molar-refractivity contribution in [3.05, 3.63) is 0 Å². The molecule has 0 heterocycles. The summed E-state index contributed by atoms with van der Waals surface area (Å²) in [6.45, 7) is 2.17. The number of carbonyl (C=O) groups excluding carboxylic acids is 1. The van der Waals surface area contributed by atoms with Gasteiger partial charge < -0.3 is 4.79 Å². The second-order valence-electron chi connectivity index (χ2n) is 2.02. The molecule has 1 nitrogen and oxygen atoms in total. The Labute approximate surface area is 84.3 Å². The Balaban J connectivity index is -0.000000245. The van der Waals surface area contributed by atoms with E-state index >= 15 is 0 Å². The van der Waals surface area contributed by atoms with Crippen molar-refractivity contribution < 1.29 is 38.9 Å². The van der Waals surface area contributed by atoms with Crippen LogP contribution in [0.1, 0.15) is 39.0 Å². The third-order valence-corrected chi connectivity index (χ3v) is 1.18. The van der Waals surface area contributed by atoms with Crippen LogP contribution < -0.4 is 0 Å². The van der Waals surface area contributed by atoms with Crippen LogP contribution in [0.25, 0.3) is 0 Å². The number of rotatable bonds is 5. The number of hydrogen-bond donors (Lipinski definition) is 0. The smallest absolute Gasteiger partial charge is 0.119 e. The van der Waals surface area contributed by atoms with Gasteiger partial charge in [0.1, 0.15) is 6.29 Å². The molecule has 0 bridgehead atoms. The summed E-state index contributed by atoms with van der Waals surface area (Å²) in [6.07, 6.45) is 6.56. The van der Waals surface area contributed by atoms with E-state index in [0.29, 0.717) is 0 Å². The Hall–Kier alpha value is 0.709. The van der Waals surface area contributed by atoms with Crippen molar-refractivity contribution in [1.82, 2.24) is 0 Å². The third kappa shape index (κ3) is 15.9. The summed E-state index contributed by atoms with van der Waals surface area (Å²) in [5.41, 5.74) is 0. The predicted octanol–water partition coefficient (Wildman–Crippen LogP) is 2.15. The SMILES string of the molecule is CCCCCCC=O.[Mn].[Mn]. The first-order valence-corrected chi connectivity index (χ1v) is 3.35. The molecule has 0 fully saturated rings. The van der Waals surface area contributed by atoms with Crippen LogP contribution in [0.3, 0.4) is 0 Å². The van der Waals surface area contributed by atoms with Crippen molar-refractivity contribution in [1.29, 1.82) is 0 Å². The summed E-state index contributed by atoms with van der Waals surface area (Å²) in [4.78, 5) is 9.77. The molecule has 2 radical (unpaired) electrons. The summed E-state index contributed by atoms with van der Waals surface area (Å²) in [7, 11) is 0. The van der Waals surface area contributed by atoms with Gasteiger partial charge in [0.25, 0.3) is 0 Å². The van der Waals surface area contributed by atoms with Crippen LogP contribution in [0.5, 0.6) is 0 Å². The van der Waals surface area contributed by atoms with Gasteiger partial charge in [-0.3, -0.25) is 0 Å². The summed E-state index contributed by atoms with van der Waals surface area (Å²) in [6, 6.07) is 0. The molecule has 62 valence electrons. The van der Waals surface area contributed by atoms with Crippen LogP contribution >= 0.6 is 0 Å². The molecular formula is C7H14Mn2O. The fraction of sp³-hybridized carbons (Fsp3) is 0.857. The van der Waals surface area contributed by atoms with Gasteiger partial charge in [0, 0.05) is 40.6 Å². The summed E-state index contributed by atoms with van der Waals surface area (Å²) < 4.78 is 0. The molecule has 10 heavy (non-hydrogen) atoms. The van der Waals surface area contributed by atoms with Gasteiger partial charge in [0.2, 0.25) is 0 Å². The molecule has 0 aliphatic carbocycles. The minimum absolute atomic E-state index is 0. The summed E-state index contributed by atoms with van der Waals surface area (Å²) >= 11 is 0. The van der Waals surface area contributed by atoms with Crippen LogP contribution in [-0.2, 0) is 38.9 Å². The largest absolute Gasteiger partial charge is 0.303 e. The zero-order chi connectivity index (χ0) is 6.24. The van der Waals surface area contributed by atoms with Crippen molar-refractivity contribution in [2.75, 3.05) is 0 Å². The summed E-state index contributed by atoms with van der Waals surface area (Å²) in [5, 5.41) is 0. The molecule has 0 saturated heterocycles. The molecule has 3 heteroatoms. The van der Waals surface area contributed by atoms with Gasteiger partial charge in [-0.1, -0.05) is 26.2 Å². The van der Waals surface area contributed by atoms with Crippen LogP contribution in [0.4, 0.5) is 0 Å². The van der Waals surface area contributed by atoms with Crippen molar-refractivity contribution in [3.63, 3.8) is 0 Å². The quantitative estimate of drug-likeness (QED) is 0.397. The van der Waals surface area contributed by atoms with Crippen LogP contribution in [0, 0.1) is 0 Å². The third-order valence-electron chi connectivity index (χ3n) is 1.18. The van der Waals surface area contributed by atoms with Gasteiger partial charge in [-0.25, -0.2) is 0 Å². The molecule has 0 unspecified atom stereocenters. The van der Waals surface area contributed by atoms with E-state index in [-0.39, 0.29) is 34.1 Å². The molecule has 0 aromatic heterocycles. The van der Waals surface area contributed by atoms with Crippen molar-refractivity contribution in [3.8, 4) is 0 Å². The van der Waals surface area contributed by atoms with Crippen LogP contribution in [0.15, 0.2) is 0 Å². The van der Waals surface area contributed by atoms with Gasteiger partial charge in [-0.05, 0) is 6.42 Å². The number of hydrogen-bond acceptors (Lipinski definition) is 1.